The van der Waals surface area contributed by atoms with Gasteiger partial charge in [0.25, 0.3) is 0 Å². The summed E-state index contributed by atoms with van der Waals surface area (Å²) >= 11 is 0. The molecule has 0 aromatic carbocycles. The van der Waals surface area contributed by atoms with E-state index < -0.39 is 5.97 Å². The Balaban J connectivity index is 1.81. The highest BCUT2D eigenvalue weighted by atomic mass is 16.4. The van der Waals surface area contributed by atoms with Crippen LogP contribution < -0.4 is 0 Å². The van der Waals surface area contributed by atoms with Crippen LogP contribution in [0.4, 0.5) is 0 Å². The smallest absolute Gasteiger partial charge is 0.317 e. The highest BCUT2D eigenvalue weighted by molar-refractivity contribution is 5.69. The van der Waals surface area contributed by atoms with Gasteiger partial charge >= 0.3 is 5.97 Å². The molecule has 0 radical (unpaired) electrons. The third-order valence-electron chi connectivity index (χ3n) is 4.84. The molecule has 0 aliphatic heterocycles. The first-order chi connectivity index (χ1) is 9.24. The number of rotatable bonds is 6. The van der Waals surface area contributed by atoms with Crippen LogP contribution in [0.2, 0.25) is 0 Å². The van der Waals surface area contributed by atoms with Gasteiger partial charge in [-0.25, -0.2) is 0 Å². The molecule has 0 bridgehead atoms. The van der Waals surface area contributed by atoms with E-state index in [1.165, 1.54) is 64.2 Å². The number of carbonyl (C=O) groups is 1. The molecular formula is C16H29NO2. The third kappa shape index (κ3) is 5.52. The van der Waals surface area contributed by atoms with Crippen LogP contribution in [0.5, 0.6) is 0 Å². The molecule has 1 N–H and O–H groups in total. The summed E-state index contributed by atoms with van der Waals surface area (Å²) in [6.45, 7) is 2.28. The van der Waals surface area contributed by atoms with Crippen molar-refractivity contribution in [1.82, 2.24) is 4.90 Å². The normalized spacial score (nSPS) is 22.8. The molecular weight excluding hydrogens is 238 g/mol. The van der Waals surface area contributed by atoms with E-state index >= 15 is 0 Å². The Kier molecular flexibility index (Phi) is 6.15. The fourth-order valence-corrected chi connectivity index (χ4v) is 3.86. The summed E-state index contributed by atoms with van der Waals surface area (Å²) in [4.78, 5) is 13.3. The Hall–Kier alpha value is -0.570. The van der Waals surface area contributed by atoms with Gasteiger partial charge < -0.3 is 5.11 Å². The van der Waals surface area contributed by atoms with Gasteiger partial charge in [-0.15, -0.1) is 0 Å². The molecule has 19 heavy (non-hydrogen) atoms. The molecule has 2 saturated carbocycles. The Labute approximate surface area is 117 Å². The molecule has 2 fully saturated rings. The minimum absolute atomic E-state index is 0.243. The molecule has 0 amide bonds. The van der Waals surface area contributed by atoms with Crippen LogP contribution in [0.1, 0.15) is 64.2 Å². The summed E-state index contributed by atoms with van der Waals surface area (Å²) in [6.07, 6.45) is 13.3. The van der Waals surface area contributed by atoms with Crippen molar-refractivity contribution in [2.75, 3.05) is 19.6 Å². The Bertz CT molecular complexity index is 248. The zero-order valence-corrected chi connectivity index (χ0v) is 12.1. The monoisotopic (exact) mass is 267 g/mol. The van der Waals surface area contributed by atoms with Crippen molar-refractivity contribution in [2.45, 2.75) is 64.2 Å². The lowest BCUT2D eigenvalue weighted by Gasteiger charge is -2.32. The van der Waals surface area contributed by atoms with Gasteiger partial charge in [-0.05, 0) is 37.5 Å². The van der Waals surface area contributed by atoms with Crippen LogP contribution in [-0.4, -0.2) is 35.6 Å². The third-order valence-corrected chi connectivity index (χ3v) is 4.84. The van der Waals surface area contributed by atoms with E-state index in [2.05, 4.69) is 4.90 Å². The van der Waals surface area contributed by atoms with Gasteiger partial charge in [0.05, 0.1) is 6.54 Å². The molecule has 0 atom stereocenters. The SMILES string of the molecule is O=C(O)CN(CC1CCCCC1)CC1CCCCC1. The average molecular weight is 267 g/mol. The van der Waals surface area contributed by atoms with Gasteiger partial charge in [0.2, 0.25) is 0 Å². The summed E-state index contributed by atoms with van der Waals surface area (Å²) < 4.78 is 0. The number of hydrogen-bond acceptors (Lipinski definition) is 2. The number of carboxylic acid groups (broad SMARTS) is 1. The maximum absolute atomic E-state index is 11.1. The number of aliphatic carboxylic acids is 1. The maximum Gasteiger partial charge on any atom is 0.317 e. The highest BCUT2D eigenvalue weighted by Crippen LogP contribution is 2.27. The van der Waals surface area contributed by atoms with Gasteiger partial charge in [-0.3, -0.25) is 9.69 Å². The van der Waals surface area contributed by atoms with Gasteiger partial charge in [-0.2, -0.15) is 0 Å². The standard InChI is InChI=1S/C16H29NO2/c18-16(19)13-17(11-14-7-3-1-4-8-14)12-15-9-5-2-6-10-15/h14-15H,1-13H2,(H,18,19). The lowest BCUT2D eigenvalue weighted by atomic mass is 9.87. The van der Waals surface area contributed by atoms with Crippen LogP contribution in [0.3, 0.4) is 0 Å². The van der Waals surface area contributed by atoms with Crippen LogP contribution in [0.25, 0.3) is 0 Å². The molecule has 3 nitrogen and oxygen atoms in total. The first-order valence-corrected chi connectivity index (χ1v) is 8.18. The Morgan fingerprint density at radius 2 is 1.26 bits per heavy atom. The summed E-state index contributed by atoms with van der Waals surface area (Å²) in [5.74, 6) is 0.833. The molecule has 2 rings (SSSR count). The Morgan fingerprint density at radius 1 is 0.842 bits per heavy atom. The van der Waals surface area contributed by atoms with Crippen molar-refractivity contribution in [2.24, 2.45) is 11.8 Å². The Morgan fingerprint density at radius 3 is 1.63 bits per heavy atom. The number of nitrogens with zero attached hydrogens (tertiary/aromatic N) is 1. The van der Waals surface area contributed by atoms with E-state index in [-0.39, 0.29) is 6.54 Å². The topological polar surface area (TPSA) is 40.5 Å². The number of carboxylic acids is 1. The molecule has 0 aromatic rings. The molecule has 0 spiro atoms. The zero-order chi connectivity index (χ0) is 13.5. The zero-order valence-electron chi connectivity index (χ0n) is 12.1. The maximum atomic E-state index is 11.1. The minimum atomic E-state index is -0.661. The summed E-state index contributed by atoms with van der Waals surface area (Å²) in [5.41, 5.74) is 0. The lowest BCUT2D eigenvalue weighted by Crippen LogP contribution is -2.38. The molecule has 2 aliphatic carbocycles. The predicted molar refractivity (Wildman–Crippen MR) is 77.2 cm³/mol. The predicted octanol–water partition coefficient (Wildman–Crippen LogP) is 3.53. The van der Waals surface area contributed by atoms with E-state index in [0.717, 1.165) is 24.9 Å². The summed E-state index contributed by atoms with van der Waals surface area (Å²) in [5, 5.41) is 9.10. The van der Waals surface area contributed by atoms with E-state index in [9.17, 15) is 4.79 Å². The van der Waals surface area contributed by atoms with Crippen molar-refractivity contribution >= 4 is 5.97 Å². The molecule has 0 unspecified atom stereocenters. The molecule has 110 valence electrons. The van der Waals surface area contributed by atoms with Crippen molar-refractivity contribution in [3.8, 4) is 0 Å². The second kappa shape index (κ2) is 7.88. The first-order valence-electron chi connectivity index (χ1n) is 8.18. The second-order valence-electron chi connectivity index (χ2n) is 6.60. The molecule has 3 heteroatoms. The van der Waals surface area contributed by atoms with E-state index in [1.54, 1.807) is 0 Å². The molecule has 2 aliphatic rings. The van der Waals surface area contributed by atoms with Crippen LogP contribution in [0, 0.1) is 11.8 Å². The van der Waals surface area contributed by atoms with Gasteiger partial charge in [0, 0.05) is 13.1 Å². The first kappa shape index (κ1) is 14.8. The van der Waals surface area contributed by atoms with Crippen LogP contribution >= 0.6 is 0 Å². The molecule has 0 aromatic heterocycles. The summed E-state index contributed by atoms with van der Waals surface area (Å²) in [7, 11) is 0. The van der Waals surface area contributed by atoms with Crippen molar-refractivity contribution < 1.29 is 9.90 Å². The average Bonchev–Trinajstić information content (AvgIpc) is 2.40. The van der Waals surface area contributed by atoms with E-state index in [4.69, 9.17) is 5.11 Å². The van der Waals surface area contributed by atoms with Gasteiger partial charge in [0.1, 0.15) is 0 Å². The van der Waals surface area contributed by atoms with Crippen molar-refractivity contribution in [3.63, 3.8) is 0 Å². The molecule has 0 heterocycles. The van der Waals surface area contributed by atoms with Crippen molar-refractivity contribution in [1.29, 1.82) is 0 Å². The van der Waals surface area contributed by atoms with E-state index in [0.29, 0.717) is 0 Å². The lowest BCUT2D eigenvalue weighted by molar-refractivity contribution is -0.138. The minimum Gasteiger partial charge on any atom is -0.480 e. The fraction of sp³-hybridized carbons (Fsp3) is 0.938. The largest absolute Gasteiger partial charge is 0.480 e. The van der Waals surface area contributed by atoms with Crippen LogP contribution in [-0.2, 0) is 4.79 Å². The van der Waals surface area contributed by atoms with Gasteiger partial charge in [0.15, 0.2) is 0 Å². The van der Waals surface area contributed by atoms with Crippen molar-refractivity contribution in [3.05, 3.63) is 0 Å². The van der Waals surface area contributed by atoms with Crippen LogP contribution in [0.15, 0.2) is 0 Å². The van der Waals surface area contributed by atoms with E-state index in [1.807, 2.05) is 0 Å². The summed E-state index contributed by atoms with van der Waals surface area (Å²) in [6, 6.07) is 0. The number of hydrogen-bond donors (Lipinski definition) is 1. The fourth-order valence-electron chi connectivity index (χ4n) is 3.86. The second-order valence-corrected chi connectivity index (χ2v) is 6.60. The molecule has 0 saturated heterocycles. The van der Waals surface area contributed by atoms with Gasteiger partial charge in [-0.1, -0.05) is 38.5 Å². The quantitative estimate of drug-likeness (QED) is 0.800. The highest BCUT2D eigenvalue weighted by Gasteiger charge is 2.22.